The Hall–Kier alpha value is -2.64. The number of hydrogen-bond acceptors (Lipinski definition) is 5. The molecule has 2 amide bonds. The minimum atomic E-state index is -0.536. The number of nitro benzene ring substituents is 1. The van der Waals surface area contributed by atoms with E-state index in [4.69, 9.17) is 4.74 Å². The van der Waals surface area contributed by atoms with E-state index in [-0.39, 0.29) is 42.4 Å². The molecule has 1 aromatic carbocycles. The van der Waals surface area contributed by atoms with Crippen LogP contribution in [0, 0.1) is 10.1 Å². The summed E-state index contributed by atoms with van der Waals surface area (Å²) in [5.41, 5.74) is 0.134. The summed E-state index contributed by atoms with van der Waals surface area (Å²) in [5, 5.41) is 11.0. The molecule has 1 atom stereocenters. The molecule has 0 bridgehead atoms. The number of nitro groups is 1. The van der Waals surface area contributed by atoms with Crippen molar-refractivity contribution in [3.63, 3.8) is 0 Å². The second-order valence-electron chi connectivity index (χ2n) is 6.11. The lowest BCUT2D eigenvalue weighted by atomic mass is 10.0. The van der Waals surface area contributed by atoms with Gasteiger partial charge in [0.25, 0.3) is 11.6 Å². The van der Waals surface area contributed by atoms with Crippen molar-refractivity contribution in [3.05, 3.63) is 28.3 Å². The molecule has 24 heavy (non-hydrogen) atoms. The van der Waals surface area contributed by atoms with Crippen LogP contribution < -0.4 is 9.64 Å². The summed E-state index contributed by atoms with van der Waals surface area (Å²) < 4.78 is 5.31. The largest absolute Gasteiger partial charge is 0.482 e. The molecule has 1 unspecified atom stereocenters. The maximum atomic E-state index is 12.6. The standard InChI is InChI=1S/C16H19N3O5/c1-11-4-2-3-7-17(11)15(20)9-18-13-8-12(19(22)23)5-6-14(13)24-10-16(18)21/h5-6,8,11H,2-4,7,9-10H2,1H3. The van der Waals surface area contributed by atoms with Crippen molar-refractivity contribution < 1.29 is 19.2 Å². The van der Waals surface area contributed by atoms with E-state index < -0.39 is 4.92 Å². The Bertz CT molecular complexity index is 690. The Labute approximate surface area is 139 Å². The highest BCUT2D eigenvalue weighted by molar-refractivity contribution is 6.02. The number of nitrogens with zero attached hydrogens (tertiary/aromatic N) is 3. The zero-order valence-corrected chi connectivity index (χ0v) is 13.4. The zero-order chi connectivity index (χ0) is 17.3. The van der Waals surface area contributed by atoms with E-state index in [1.807, 2.05) is 6.92 Å². The highest BCUT2D eigenvalue weighted by atomic mass is 16.6. The van der Waals surface area contributed by atoms with Gasteiger partial charge in [0.15, 0.2) is 6.61 Å². The number of hydrogen-bond donors (Lipinski definition) is 0. The van der Waals surface area contributed by atoms with E-state index in [0.717, 1.165) is 19.3 Å². The Kier molecular flexibility index (Phi) is 4.37. The van der Waals surface area contributed by atoms with Gasteiger partial charge in [-0.1, -0.05) is 0 Å². The average Bonchev–Trinajstić information content (AvgIpc) is 2.57. The predicted octanol–water partition coefficient (Wildman–Crippen LogP) is 1.72. The molecule has 2 aliphatic heterocycles. The number of fused-ring (bicyclic) bond motifs is 1. The van der Waals surface area contributed by atoms with Crippen LogP contribution in [0.5, 0.6) is 5.75 Å². The van der Waals surface area contributed by atoms with Gasteiger partial charge >= 0.3 is 0 Å². The molecule has 0 aromatic heterocycles. The monoisotopic (exact) mass is 333 g/mol. The van der Waals surface area contributed by atoms with Crippen LogP contribution in [0.1, 0.15) is 26.2 Å². The third-order valence-electron chi connectivity index (χ3n) is 4.51. The fourth-order valence-electron chi connectivity index (χ4n) is 3.17. The molecule has 1 fully saturated rings. The summed E-state index contributed by atoms with van der Waals surface area (Å²) in [6.45, 7) is 2.38. The summed E-state index contributed by atoms with van der Waals surface area (Å²) in [6, 6.07) is 4.20. The number of piperidine rings is 1. The van der Waals surface area contributed by atoms with E-state index in [1.54, 1.807) is 4.90 Å². The fraction of sp³-hybridized carbons (Fsp3) is 0.500. The molecular formula is C16H19N3O5. The van der Waals surface area contributed by atoms with E-state index in [9.17, 15) is 19.7 Å². The van der Waals surface area contributed by atoms with Crippen molar-refractivity contribution in [3.8, 4) is 5.75 Å². The molecule has 1 saturated heterocycles. The van der Waals surface area contributed by atoms with E-state index in [1.165, 1.54) is 23.1 Å². The van der Waals surface area contributed by atoms with Crippen LogP contribution in [0.4, 0.5) is 11.4 Å². The van der Waals surface area contributed by atoms with E-state index in [2.05, 4.69) is 0 Å². The number of ether oxygens (including phenoxy) is 1. The normalized spacial score (nSPS) is 20.4. The summed E-state index contributed by atoms with van der Waals surface area (Å²) in [6.07, 6.45) is 3.00. The van der Waals surface area contributed by atoms with Gasteiger partial charge in [-0.3, -0.25) is 24.6 Å². The Morgan fingerprint density at radius 1 is 1.42 bits per heavy atom. The molecule has 0 N–H and O–H groups in total. The highest BCUT2D eigenvalue weighted by Gasteiger charge is 2.32. The molecule has 0 radical (unpaired) electrons. The summed E-state index contributed by atoms with van der Waals surface area (Å²) in [4.78, 5) is 38.3. The number of carbonyl (C=O) groups is 2. The third-order valence-corrected chi connectivity index (χ3v) is 4.51. The van der Waals surface area contributed by atoms with Crippen LogP contribution in [0.2, 0.25) is 0 Å². The van der Waals surface area contributed by atoms with Gasteiger partial charge in [-0.25, -0.2) is 0 Å². The minimum Gasteiger partial charge on any atom is -0.482 e. The number of amides is 2. The number of carbonyl (C=O) groups excluding carboxylic acids is 2. The van der Waals surface area contributed by atoms with Crippen LogP contribution in [0.15, 0.2) is 18.2 Å². The first kappa shape index (κ1) is 16.2. The van der Waals surface area contributed by atoms with Crippen LogP contribution in [-0.2, 0) is 9.59 Å². The van der Waals surface area contributed by atoms with Gasteiger partial charge in [-0.05, 0) is 32.3 Å². The lowest BCUT2D eigenvalue weighted by Crippen LogP contribution is -2.50. The van der Waals surface area contributed by atoms with Crippen molar-refractivity contribution in [2.75, 3.05) is 24.6 Å². The number of rotatable bonds is 3. The number of likely N-dealkylation sites (tertiary alicyclic amines) is 1. The molecule has 8 heteroatoms. The molecule has 0 spiro atoms. The Balaban J connectivity index is 1.85. The quantitative estimate of drug-likeness (QED) is 0.620. The molecule has 3 rings (SSSR count). The SMILES string of the molecule is CC1CCCCN1C(=O)CN1C(=O)COc2ccc([N+](=O)[O-])cc21. The summed E-state index contributed by atoms with van der Waals surface area (Å²) in [5.74, 6) is -0.143. The van der Waals surface area contributed by atoms with Gasteiger partial charge in [0.1, 0.15) is 12.3 Å². The van der Waals surface area contributed by atoms with Gasteiger partial charge in [-0.15, -0.1) is 0 Å². The van der Waals surface area contributed by atoms with Gasteiger partial charge in [0.2, 0.25) is 5.91 Å². The average molecular weight is 333 g/mol. The Morgan fingerprint density at radius 3 is 2.92 bits per heavy atom. The van der Waals surface area contributed by atoms with Crippen molar-refractivity contribution >= 4 is 23.2 Å². The predicted molar refractivity (Wildman–Crippen MR) is 86.0 cm³/mol. The molecule has 0 saturated carbocycles. The number of anilines is 1. The van der Waals surface area contributed by atoms with Gasteiger partial charge in [0, 0.05) is 24.7 Å². The molecule has 8 nitrogen and oxygen atoms in total. The molecule has 2 heterocycles. The smallest absolute Gasteiger partial charge is 0.271 e. The third kappa shape index (κ3) is 3.04. The minimum absolute atomic E-state index is 0.124. The van der Waals surface area contributed by atoms with Crippen LogP contribution in [0.3, 0.4) is 0 Å². The summed E-state index contributed by atoms with van der Waals surface area (Å²) in [7, 11) is 0. The second kappa shape index (κ2) is 6.46. The molecule has 128 valence electrons. The molecule has 1 aromatic rings. The first-order valence-corrected chi connectivity index (χ1v) is 7.98. The van der Waals surface area contributed by atoms with Crippen molar-refractivity contribution in [2.45, 2.75) is 32.2 Å². The van der Waals surface area contributed by atoms with Crippen molar-refractivity contribution in [1.29, 1.82) is 0 Å². The zero-order valence-electron chi connectivity index (χ0n) is 13.4. The second-order valence-corrected chi connectivity index (χ2v) is 6.11. The number of non-ortho nitro benzene ring substituents is 1. The van der Waals surface area contributed by atoms with Gasteiger partial charge < -0.3 is 9.64 Å². The molecule has 0 aliphatic carbocycles. The van der Waals surface area contributed by atoms with Crippen LogP contribution in [0.25, 0.3) is 0 Å². The lowest BCUT2D eigenvalue weighted by Gasteiger charge is -2.36. The first-order chi connectivity index (χ1) is 11.5. The maximum Gasteiger partial charge on any atom is 0.271 e. The highest BCUT2D eigenvalue weighted by Crippen LogP contribution is 2.35. The Morgan fingerprint density at radius 2 is 2.21 bits per heavy atom. The van der Waals surface area contributed by atoms with Crippen LogP contribution in [-0.4, -0.2) is 47.4 Å². The van der Waals surface area contributed by atoms with Gasteiger partial charge in [-0.2, -0.15) is 0 Å². The fourth-order valence-corrected chi connectivity index (χ4v) is 3.17. The maximum absolute atomic E-state index is 12.6. The molecular weight excluding hydrogens is 314 g/mol. The summed E-state index contributed by atoms with van der Waals surface area (Å²) >= 11 is 0. The van der Waals surface area contributed by atoms with Crippen molar-refractivity contribution in [1.82, 2.24) is 4.90 Å². The lowest BCUT2D eigenvalue weighted by molar-refractivity contribution is -0.384. The first-order valence-electron chi connectivity index (χ1n) is 7.98. The topological polar surface area (TPSA) is 93.0 Å². The van der Waals surface area contributed by atoms with Crippen molar-refractivity contribution in [2.24, 2.45) is 0 Å². The van der Waals surface area contributed by atoms with Gasteiger partial charge in [0.05, 0.1) is 10.6 Å². The van der Waals surface area contributed by atoms with Crippen LogP contribution >= 0.6 is 0 Å². The molecule has 2 aliphatic rings. The van der Waals surface area contributed by atoms with E-state index in [0.29, 0.717) is 12.3 Å². The van der Waals surface area contributed by atoms with E-state index >= 15 is 0 Å². The number of benzene rings is 1.